The summed E-state index contributed by atoms with van der Waals surface area (Å²) in [7, 11) is 0. The molecule has 0 atom stereocenters. The summed E-state index contributed by atoms with van der Waals surface area (Å²) in [6.45, 7) is 5.00. The molecule has 0 saturated carbocycles. The van der Waals surface area contributed by atoms with E-state index in [0.717, 1.165) is 49.3 Å². The smallest absolute Gasteiger partial charge is 0.336 e. The van der Waals surface area contributed by atoms with Crippen LogP contribution in [0.4, 0.5) is 5.82 Å². The van der Waals surface area contributed by atoms with Gasteiger partial charge in [0.05, 0.1) is 11.0 Å². The van der Waals surface area contributed by atoms with Crippen molar-refractivity contribution in [1.29, 1.82) is 0 Å². The average molecular weight is 448 g/mol. The molecule has 0 unspecified atom stereocenters. The largest absolute Gasteiger partial charge is 0.485 e. The highest BCUT2D eigenvalue weighted by Crippen LogP contribution is 2.35. The number of hydrogen-bond donors (Lipinski definition) is 0. The second-order valence-corrected chi connectivity index (χ2v) is 8.70. The SMILES string of the molecule is O=c1ccc2cc3ccoc3c(OCCN3CCN(c4nsc5ccccc45)CC3)c2o1. The van der Waals surface area contributed by atoms with Crippen LogP contribution in [0.3, 0.4) is 0 Å². The van der Waals surface area contributed by atoms with Crippen molar-refractivity contribution in [3.63, 3.8) is 0 Å². The van der Waals surface area contributed by atoms with Crippen LogP contribution in [0.25, 0.3) is 32.0 Å². The second kappa shape index (κ2) is 7.96. The van der Waals surface area contributed by atoms with Gasteiger partial charge < -0.3 is 18.5 Å². The van der Waals surface area contributed by atoms with Gasteiger partial charge in [-0.3, -0.25) is 4.90 Å². The fourth-order valence-corrected chi connectivity index (χ4v) is 5.09. The number of benzene rings is 2. The lowest BCUT2D eigenvalue weighted by Gasteiger charge is -2.34. The van der Waals surface area contributed by atoms with Crippen LogP contribution in [0.1, 0.15) is 0 Å². The van der Waals surface area contributed by atoms with E-state index in [9.17, 15) is 4.79 Å². The van der Waals surface area contributed by atoms with Gasteiger partial charge in [0.15, 0.2) is 11.2 Å². The number of hydrogen-bond acceptors (Lipinski definition) is 8. The summed E-state index contributed by atoms with van der Waals surface area (Å²) in [4.78, 5) is 16.5. The van der Waals surface area contributed by atoms with Crippen LogP contribution in [0.2, 0.25) is 0 Å². The summed E-state index contributed by atoms with van der Waals surface area (Å²) in [5.41, 5.74) is 0.631. The van der Waals surface area contributed by atoms with Crippen molar-refractivity contribution >= 4 is 49.4 Å². The molecule has 7 nitrogen and oxygen atoms in total. The molecule has 8 heteroatoms. The highest BCUT2D eigenvalue weighted by atomic mass is 32.1. The van der Waals surface area contributed by atoms with Gasteiger partial charge in [-0.25, -0.2) is 4.79 Å². The van der Waals surface area contributed by atoms with Gasteiger partial charge in [0.2, 0.25) is 5.75 Å². The highest BCUT2D eigenvalue weighted by Gasteiger charge is 2.21. The maximum atomic E-state index is 11.8. The Morgan fingerprint density at radius 3 is 2.75 bits per heavy atom. The number of rotatable bonds is 5. The van der Waals surface area contributed by atoms with E-state index in [1.54, 1.807) is 23.9 Å². The fraction of sp³-hybridized carbons (Fsp3) is 0.250. The zero-order valence-electron chi connectivity index (χ0n) is 17.3. The first-order chi connectivity index (χ1) is 15.8. The van der Waals surface area contributed by atoms with Crippen LogP contribution in [-0.4, -0.2) is 48.6 Å². The van der Waals surface area contributed by atoms with Crippen molar-refractivity contribution in [3.8, 4) is 5.75 Å². The molecule has 32 heavy (non-hydrogen) atoms. The van der Waals surface area contributed by atoms with E-state index in [4.69, 9.17) is 13.6 Å². The van der Waals surface area contributed by atoms with Crippen LogP contribution in [0, 0.1) is 0 Å². The molecule has 1 fully saturated rings. The van der Waals surface area contributed by atoms with Gasteiger partial charge in [0.1, 0.15) is 12.4 Å². The first-order valence-electron chi connectivity index (χ1n) is 10.6. The quantitative estimate of drug-likeness (QED) is 0.371. The Balaban J connectivity index is 1.13. The van der Waals surface area contributed by atoms with Crippen molar-refractivity contribution in [3.05, 3.63) is 65.2 Å². The van der Waals surface area contributed by atoms with Crippen LogP contribution in [0.5, 0.6) is 5.75 Å². The minimum Gasteiger partial charge on any atom is -0.485 e. The van der Waals surface area contributed by atoms with E-state index in [1.165, 1.54) is 16.2 Å². The van der Waals surface area contributed by atoms with Gasteiger partial charge in [-0.05, 0) is 41.9 Å². The molecule has 0 amide bonds. The van der Waals surface area contributed by atoms with E-state index >= 15 is 0 Å². The van der Waals surface area contributed by atoms with Crippen molar-refractivity contribution in [2.45, 2.75) is 0 Å². The lowest BCUT2D eigenvalue weighted by Crippen LogP contribution is -2.47. The minimum absolute atomic E-state index is 0.404. The lowest BCUT2D eigenvalue weighted by atomic mass is 10.1. The normalized spacial score (nSPS) is 15.2. The standard InChI is InChI=1S/C24H21N3O4S/c28-20-6-5-16-15-17-7-13-29-21(17)23(22(16)31-20)30-14-12-26-8-10-27(11-9-26)24-18-3-1-2-4-19(18)32-25-24/h1-7,13,15H,8-12,14H2. The summed E-state index contributed by atoms with van der Waals surface area (Å²) >= 11 is 1.56. The maximum Gasteiger partial charge on any atom is 0.336 e. The van der Waals surface area contributed by atoms with E-state index in [1.807, 2.05) is 12.1 Å². The van der Waals surface area contributed by atoms with Crippen LogP contribution >= 0.6 is 11.5 Å². The fourth-order valence-electron chi connectivity index (χ4n) is 4.30. The second-order valence-electron chi connectivity index (χ2n) is 7.90. The van der Waals surface area contributed by atoms with Crippen molar-refractivity contribution in [2.75, 3.05) is 44.2 Å². The zero-order chi connectivity index (χ0) is 21.5. The molecule has 0 radical (unpaired) electrons. The minimum atomic E-state index is -0.404. The van der Waals surface area contributed by atoms with Crippen molar-refractivity contribution in [1.82, 2.24) is 9.27 Å². The number of nitrogens with zero attached hydrogens (tertiary/aromatic N) is 3. The van der Waals surface area contributed by atoms with Gasteiger partial charge in [-0.2, -0.15) is 4.37 Å². The van der Waals surface area contributed by atoms with E-state index in [-0.39, 0.29) is 0 Å². The molecule has 0 spiro atoms. The van der Waals surface area contributed by atoms with Gasteiger partial charge in [0, 0.05) is 54.9 Å². The molecule has 5 aromatic rings. The summed E-state index contributed by atoms with van der Waals surface area (Å²) < 4.78 is 23.1. The molecule has 0 aliphatic carbocycles. The Hall–Kier alpha value is -3.36. The van der Waals surface area contributed by atoms with Gasteiger partial charge in [-0.15, -0.1) is 0 Å². The Kier molecular flexibility index (Phi) is 4.81. The first-order valence-corrected chi connectivity index (χ1v) is 11.4. The van der Waals surface area contributed by atoms with Gasteiger partial charge in [0.25, 0.3) is 0 Å². The molecule has 6 rings (SSSR count). The van der Waals surface area contributed by atoms with E-state index in [2.05, 4.69) is 38.4 Å². The zero-order valence-corrected chi connectivity index (χ0v) is 18.1. The van der Waals surface area contributed by atoms with E-state index in [0.29, 0.717) is 23.5 Å². The summed E-state index contributed by atoms with van der Waals surface area (Å²) in [5.74, 6) is 1.58. The molecule has 3 aromatic heterocycles. The molecule has 4 heterocycles. The monoisotopic (exact) mass is 447 g/mol. The number of ether oxygens (including phenoxy) is 1. The molecule has 0 N–H and O–H groups in total. The van der Waals surface area contributed by atoms with Crippen molar-refractivity contribution < 1.29 is 13.6 Å². The van der Waals surface area contributed by atoms with Gasteiger partial charge >= 0.3 is 5.63 Å². The third-order valence-corrected chi connectivity index (χ3v) is 6.78. The summed E-state index contributed by atoms with van der Waals surface area (Å²) in [5, 5.41) is 2.97. The van der Waals surface area contributed by atoms with Crippen LogP contribution < -0.4 is 15.3 Å². The predicted octanol–water partition coefficient (Wildman–Crippen LogP) is 4.35. The van der Waals surface area contributed by atoms with Crippen molar-refractivity contribution in [2.24, 2.45) is 0 Å². The highest BCUT2D eigenvalue weighted by molar-refractivity contribution is 7.13. The van der Waals surface area contributed by atoms with Crippen LogP contribution in [-0.2, 0) is 0 Å². The summed E-state index contributed by atoms with van der Waals surface area (Å²) in [6, 6.07) is 15.4. The number of fused-ring (bicyclic) bond motifs is 3. The Bertz CT molecular complexity index is 1460. The topological polar surface area (TPSA) is 72.0 Å². The maximum absolute atomic E-state index is 11.8. The molecule has 1 aliphatic rings. The number of piperazine rings is 1. The van der Waals surface area contributed by atoms with Gasteiger partial charge in [-0.1, -0.05) is 12.1 Å². The molecular formula is C24H21N3O4S. The third kappa shape index (κ3) is 3.41. The Labute approximate surface area is 187 Å². The summed E-state index contributed by atoms with van der Waals surface area (Å²) in [6.07, 6.45) is 1.62. The Morgan fingerprint density at radius 1 is 1.00 bits per heavy atom. The third-order valence-electron chi connectivity index (χ3n) is 5.97. The average Bonchev–Trinajstić information content (AvgIpc) is 3.46. The molecule has 1 saturated heterocycles. The van der Waals surface area contributed by atoms with E-state index < -0.39 is 5.63 Å². The van der Waals surface area contributed by atoms with Crippen LogP contribution in [0.15, 0.2) is 68.4 Å². The molecule has 0 bridgehead atoms. The molecule has 2 aromatic carbocycles. The number of anilines is 1. The Morgan fingerprint density at radius 2 is 1.84 bits per heavy atom. The lowest BCUT2D eigenvalue weighted by molar-refractivity contribution is 0.200. The number of aromatic nitrogens is 1. The molecule has 1 aliphatic heterocycles. The molecule has 162 valence electrons. The number of furan rings is 1. The predicted molar refractivity (Wildman–Crippen MR) is 126 cm³/mol. The first kappa shape index (κ1) is 19.3. The molecular weight excluding hydrogens is 426 g/mol.